The number of hydrogen-bond donors (Lipinski definition) is 1. The van der Waals surface area contributed by atoms with Crippen LogP contribution in [0.4, 0.5) is 4.79 Å². The van der Waals surface area contributed by atoms with Crippen LogP contribution in [0.5, 0.6) is 0 Å². The quantitative estimate of drug-likeness (QED) is 0.932. The number of carbonyl (C=O) groups is 1. The minimum Gasteiger partial charge on any atom is -0.469 e. The molecule has 2 aliphatic heterocycles. The average molecular weight is 317 g/mol. The number of nitrogens with zero attached hydrogens (tertiary/aromatic N) is 2. The normalized spacial score (nSPS) is 28.1. The molecule has 1 aromatic rings. The van der Waals surface area contributed by atoms with Crippen molar-refractivity contribution in [2.45, 2.75) is 57.0 Å². The van der Waals surface area contributed by atoms with Crippen molar-refractivity contribution in [3.8, 4) is 0 Å². The molecule has 2 amide bonds. The molecule has 3 heterocycles. The summed E-state index contributed by atoms with van der Waals surface area (Å²) in [4.78, 5) is 17.4. The molecule has 0 unspecified atom stereocenters. The van der Waals surface area contributed by atoms with Crippen LogP contribution in [0.3, 0.4) is 0 Å². The van der Waals surface area contributed by atoms with Crippen LogP contribution in [-0.4, -0.2) is 48.1 Å². The third kappa shape index (κ3) is 3.11. The highest BCUT2D eigenvalue weighted by Gasteiger charge is 2.33. The molecule has 5 nitrogen and oxygen atoms in total. The van der Waals surface area contributed by atoms with E-state index in [2.05, 4.69) is 15.1 Å². The topological polar surface area (TPSA) is 48.7 Å². The number of carbonyl (C=O) groups excluding carboxylic acids is 1. The molecule has 126 valence electrons. The molecule has 5 heteroatoms. The highest BCUT2D eigenvalue weighted by Crippen LogP contribution is 2.31. The van der Waals surface area contributed by atoms with E-state index >= 15 is 0 Å². The van der Waals surface area contributed by atoms with E-state index in [0.717, 1.165) is 51.0 Å². The lowest BCUT2D eigenvalue weighted by Gasteiger charge is -2.31. The van der Waals surface area contributed by atoms with E-state index < -0.39 is 0 Å². The molecule has 4 rings (SSSR count). The van der Waals surface area contributed by atoms with Crippen LogP contribution in [0.1, 0.15) is 55.9 Å². The molecule has 2 fully saturated rings. The van der Waals surface area contributed by atoms with E-state index in [-0.39, 0.29) is 12.1 Å². The van der Waals surface area contributed by atoms with Crippen LogP contribution >= 0.6 is 0 Å². The van der Waals surface area contributed by atoms with Gasteiger partial charge in [0.1, 0.15) is 5.76 Å². The second-order valence-electron chi connectivity index (χ2n) is 7.19. The number of hydrogen-bond acceptors (Lipinski definition) is 3. The average Bonchev–Trinajstić information content (AvgIpc) is 3.29. The van der Waals surface area contributed by atoms with E-state index in [1.54, 1.807) is 6.26 Å². The number of rotatable bonds is 3. The Bertz CT molecular complexity index is 550. The highest BCUT2D eigenvalue weighted by molar-refractivity contribution is 5.75. The third-order valence-corrected chi connectivity index (χ3v) is 5.66. The fourth-order valence-electron chi connectivity index (χ4n) is 4.42. The standard InChI is InChI=1S/C18H27N3O2/c22-18(19-16-6-3-7-17-15(16)8-12-23-17)21-11-4-5-14(21)13-20-9-1-2-10-20/h8,12,14,16H,1-7,9-11,13H2,(H,19,22)/t14-,16-/m0/s1. The van der Waals surface area contributed by atoms with Gasteiger partial charge in [0.05, 0.1) is 12.3 Å². The number of furan rings is 1. The minimum absolute atomic E-state index is 0.116. The first-order valence-corrected chi connectivity index (χ1v) is 9.17. The zero-order valence-electron chi connectivity index (χ0n) is 13.8. The van der Waals surface area contributed by atoms with Crippen molar-refractivity contribution in [1.29, 1.82) is 0 Å². The second-order valence-corrected chi connectivity index (χ2v) is 7.19. The molecular weight excluding hydrogens is 290 g/mol. The predicted octanol–water partition coefficient (Wildman–Crippen LogP) is 2.93. The van der Waals surface area contributed by atoms with Crippen LogP contribution in [0.15, 0.2) is 16.7 Å². The molecule has 1 aromatic heterocycles. The van der Waals surface area contributed by atoms with Gasteiger partial charge in [-0.05, 0) is 57.7 Å². The molecule has 3 aliphatic rings. The van der Waals surface area contributed by atoms with Crippen LogP contribution in [0, 0.1) is 0 Å². The Morgan fingerprint density at radius 2 is 2.04 bits per heavy atom. The van der Waals surface area contributed by atoms with E-state index in [1.807, 2.05) is 6.07 Å². The number of amides is 2. The number of likely N-dealkylation sites (tertiary alicyclic amines) is 2. The van der Waals surface area contributed by atoms with Crippen molar-refractivity contribution in [3.63, 3.8) is 0 Å². The summed E-state index contributed by atoms with van der Waals surface area (Å²) in [6.07, 6.45) is 9.75. The zero-order valence-corrected chi connectivity index (χ0v) is 13.8. The smallest absolute Gasteiger partial charge is 0.318 e. The SMILES string of the molecule is O=C(N[C@H]1CCCc2occc21)N1CCC[C@H]1CN1CCCC1. The lowest BCUT2D eigenvalue weighted by atomic mass is 9.93. The molecule has 0 aromatic carbocycles. The van der Waals surface area contributed by atoms with E-state index in [9.17, 15) is 4.79 Å². The number of nitrogens with one attached hydrogen (secondary N) is 1. The van der Waals surface area contributed by atoms with Gasteiger partial charge in [0.2, 0.25) is 0 Å². The van der Waals surface area contributed by atoms with Gasteiger partial charge in [-0.3, -0.25) is 0 Å². The molecule has 23 heavy (non-hydrogen) atoms. The third-order valence-electron chi connectivity index (χ3n) is 5.66. The van der Waals surface area contributed by atoms with Gasteiger partial charge in [0.15, 0.2) is 0 Å². The summed E-state index contributed by atoms with van der Waals surface area (Å²) in [7, 11) is 0. The summed E-state index contributed by atoms with van der Waals surface area (Å²) >= 11 is 0. The number of aryl methyl sites for hydroxylation is 1. The van der Waals surface area contributed by atoms with Crippen molar-refractivity contribution >= 4 is 6.03 Å². The number of fused-ring (bicyclic) bond motifs is 1. The molecule has 1 N–H and O–H groups in total. The van der Waals surface area contributed by atoms with Crippen LogP contribution < -0.4 is 5.32 Å². The molecule has 0 radical (unpaired) electrons. The molecule has 2 saturated heterocycles. The predicted molar refractivity (Wildman–Crippen MR) is 88.3 cm³/mol. The summed E-state index contributed by atoms with van der Waals surface area (Å²) in [5, 5.41) is 3.27. The van der Waals surface area contributed by atoms with Crippen LogP contribution in [0.2, 0.25) is 0 Å². The Morgan fingerprint density at radius 3 is 2.91 bits per heavy atom. The molecule has 0 saturated carbocycles. The monoisotopic (exact) mass is 317 g/mol. The van der Waals surface area contributed by atoms with Gasteiger partial charge in [0, 0.05) is 31.1 Å². The van der Waals surface area contributed by atoms with Crippen LogP contribution in [-0.2, 0) is 6.42 Å². The molecule has 1 aliphatic carbocycles. The van der Waals surface area contributed by atoms with E-state index in [4.69, 9.17) is 4.42 Å². The summed E-state index contributed by atoms with van der Waals surface area (Å²) in [5.41, 5.74) is 1.18. The summed E-state index contributed by atoms with van der Waals surface area (Å²) in [6, 6.07) is 2.65. The van der Waals surface area contributed by atoms with E-state index in [1.165, 1.54) is 31.5 Å². The van der Waals surface area contributed by atoms with Crippen molar-refractivity contribution in [3.05, 3.63) is 23.7 Å². The lowest BCUT2D eigenvalue weighted by Crippen LogP contribution is -2.48. The van der Waals surface area contributed by atoms with Gasteiger partial charge < -0.3 is 19.5 Å². The molecule has 2 atom stereocenters. The van der Waals surface area contributed by atoms with Gasteiger partial charge in [-0.2, -0.15) is 0 Å². The Kier molecular flexibility index (Phi) is 4.29. The fourth-order valence-corrected chi connectivity index (χ4v) is 4.42. The first-order chi connectivity index (χ1) is 11.3. The first-order valence-electron chi connectivity index (χ1n) is 9.17. The maximum atomic E-state index is 12.8. The van der Waals surface area contributed by atoms with Gasteiger partial charge in [0.25, 0.3) is 0 Å². The van der Waals surface area contributed by atoms with Crippen molar-refractivity contribution in [2.75, 3.05) is 26.2 Å². The van der Waals surface area contributed by atoms with Gasteiger partial charge >= 0.3 is 6.03 Å². The van der Waals surface area contributed by atoms with Crippen molar-refractivity contribution in [2.24, 2.45) is 0 Å². The largest absolute Gasteiger partial charge is 0.469 e. The summed E-state index contributed by atoms with van der Waals surface area (Å²) < 4.78 is 5.53. The van der Waals surface area contributed by atoms with Crippen molar-refractivity contribution < 1.29 is 9.21 Å². The zero-order chi connectivity index (χ0) is 15.6. The van der Waals surface area contributed by atoms with Crippen LogP contribution in [0.25, 0.3) is 0 Å². The Morgan fingerprint density at radius 1 is 1.17 bits per heavy atom. The fraction of sp³-hybridized carbons (Fsp3) is 0.722. The highest BCUT2D eigenvalue weighted by atomic mass is 16.3. The van der Waals surface area contributed by atoms with Crippen molar-refractivity contribution in [1.82, 2.24) is 15.1 Å². The van der Waals surface area contributed by atoms with Gasteiger partial charge in [-0.15, -0.1) is 0 Å². The maximum Gasteiger partial charge on any atom is 0.318 e. The minimum atomic E-state index is 0.116. The maximum absolute atomic E-state index is 12.8. The van der Waals surface area contributed by atoms with Gasteiger partial charge in [-0.1, -0.05) is 0 Å². The number of urea groups is 1. The first kappa shape index (κ1) is 15.1. The molecule has 0 spiro atoms. The Balaban J connectivity index is 1.38. The second kappa shape index (κ2) is 6.56. The Labute approximate surface area is 138 Å². The van der Waals surface area contributed by atoms with E-state index in [0.29, 0.717) is 6.04 Å². The molecule has 0 bridgehead atoms. The molecular formula is C18H27N3O2. The lowest BCUT2D eigenvalue weighted by molar-refractivity contribution is 0.170. The summed E-state index contributed by atoms with van der Waals surface area (Å²) in [5.74, 6) is 1.05. The van der Waals surface area contributed by atoms with Gasteiger partial charge in [-0.25, -0.2) is 4.79 Å². The summed E-state index contributed by atoms with van der Waals surface area (Å²) in [6.45, 7) is 4.35. The Hall–Kier alpha value is -1.49.